The van der Waals surface area contributed by atoms with Crippen LogP contribution in [-0.2, 0) is 10.9 Å². The van der Waals surface area contributed by atoms with Gasteiger partial charge in [0, 0.05) is 19.8 Å². The minimum absolute atomic E-state index is 0.332. The molecule has 1 saturated heterocycles. The zero-order chi connectivity index (χ0) is 15.3. The van der Waals surface area contributed by atoms with Crippen LogP contribution >= 0.6 is 0 Å². The SMILES string of the molecule is OC(CNCCC1CCOC1)c1ccc(C(F)(F)F)cc1. The zero-order valence-corrected chi connectivity index (χ0v) is 11.7. The zero-order valence-electron chi connectivity index (χ0n) is 11.7. The lowest BCUT2D eigenvalue weighted by atomic mass is 10.0. The van der Waals surface area contributed by atoms with Gasteiger partial charge in [-0.05, 0) is 43.0 Å². The number of halogens is 3. The Kier molecular flexibility index (Phi) is 5.61. The smallest absolute Gasteiger partial charge is 0.387 e. The molecule has 0 radical (unpaired) electrons. The average molecular weight is 303 g/mol. The molecule has 21 heavy (non-hydrogen) atoms. The number of benzene rings is 1. The van der Waals surface area contributed by atoms with Crippen LogP contribution in [0.3, 0.4) is 0 Å². The Morgan fingerprint density at radius 1 is 1.29 bits per heavy atom. The largest absolute Gasteiger partial charge is 0.416 e. The van der Waals surface area contributed by atoms with Crippen LogP contribution in [0.15, 0.2) is 24.3 Å². The molecule has 0 amide bonds. The lowest BCUT2D eigenvalue weighted by molar-refractivity contribution is -0.137. The molecule has 2 atom stereocenters. The molecule has 1 heterocycles. The minimum Gasteiger partial charge on any atom is -0.387 e. The van der Waals surface area contributed by atoms with Crippen LogP contribution < -0.4 is 5.32 Å². The highest BCUT2D eigenvalue weighted by molar-refractivity contribution is 5.26. The highest BCUT2D eigenvalue weighted by Gasteiger charge is 2.30. The molecule has 0 bridgehead atoms. The van der Waals surface area contributed by atoms with Crippen LogP contribution in [0.2, 0.25) is 0 Å². The molecule has 1 aliphatic heterocycles. The van der Waals surface area contributed by atoms with Crippen molar-refractivity contribution in [1.82, 2.24) is 5.32 Å². The van der Waals surface area contributed by atoms with E-state index in [1.165, 1.54) is 12.1 Å². The van der Waals surface area contributed by atoms with Gasteiger partial charge in [0.25, 0.3) is 0 Å². The number of hydrogen-bond acceptors (Lipinski definition) is 3. The molecule has 2 N–H and O–H groups in total. The molecule has 2 unspecified atom stereocenters. The number of aliphatic hydroxyl groups excluding tert-OH is 1. The second kappa shape index (κ2) is 7.24. The summed E-state index contributed by atoms with van der Waals surface area (Å²) in [6.07, 6.45) is -3.08. The van der Waals surface area contributed by atoms with E-state index >= 15 is 0 Å². The number of rotatable bonds is 6. The monoisotopic (exact) mass is 303 g/mol. The lowest BCUT2D eigenvalue weighted by Gasteiger charge is -2.14. The van der Waals surface area contributed by atoms with Crippen molar-refractivity contribution in [3.63, 3.8) is 0 Å². The van der Waals surface area contributed by atoms with Gasteiger partial charge in [0.2, 0.25) is 0 Å². The average Bonchev–Trinajstić information content (AvgIpc) is 2.96. The second-order valence-corrected chi connectivity index (χ2v) is 5.36. The van der Waals surface area contributed by atoms with Gasteiger partial charge in [-0.1, -0.05) is 12.1 Å². The van der Waals surface area contributed by atoms with E-state index in [0.29, 0.717) is 18.0 Å². The molecule has 3 nitrogen and oxygen atoms in total. The first kappa shape index (κ1) is 16.3. The van der Waals surface area contributed by atoms with Crippen molar-refractivity contribution >= 4 is 0 Å². The third-order valence-electron chi connectivity index (χ3n) is 3.71. The summed E-state index contributed by atoms with van der Waals surface area (Å²) in [5.41, 5.74) is -0.215. The maximum atomic E-state index is 12.4. The summed E-state index contributed by atoms with van der Waals surface area (Å²) in [7, 11) is 0. The Morgan fingerprint density at radius 2 is 2.00 bits per heavy atom. The van der Waals surface area contributed by atoms with Crippen molar-refractivity contribution in [1.29, 1.82) is 0 Å². The first-order chi connectivity index (χ1) is 9.97. The van der Waals surface area contributed by atoms with E-state index in [9.17, 15) is 18.3 Å². The van der Waals surface area contributed by atoms with Gasteiger partial charge in [-0.25, -0.2) is 0 Å². The van der Waals surface area contributed by atoms with Crippen molar-refractivity contribution in [2.75, 3.05) is 26.3 Å². The van der Waals surface area contributed by atoms with Crippen LogP contribution in [0.25, 0.3) is 0 Å². The van der Waals surface area contributed by atoms with E-state index < -0.39 is 17.8 Å². The van der Waals surface area contributed by atoms with Crippen LogP contribution in [-0.4, -0.2) is 31.4 Å². The van der Waals surface area contributed by atoms with Crippen molar-refractivity contribution in [3.05, 3.63) is 35.4 Å². The van der Waals surface area contributed by atoms with Gasteiger partial charge >= 0.3 is 6.18 Å². The fourth-order valence-corrected chi connectivity index (χ4v) is 2.37. The van der Waals surface area contributed by atoms with Crippen molar-refractivity contribution < 1.29 is 23.0 Å². The quantitative estimate of drug-likeness (QED) is 0.794. The molecular weight excluding hydrogens is 283 g/mol. The molecule has 0 aromatic heterocycles. The van der Waals surface area contributed by atoms with Crippen molar-refractivity contribution in [3.8, 4) is 0 Å². The molecule has 6 heteroatoms. The molecule has 0 spiro atoms. The summed E-state index contributed by atoms with van der Waals surface area (Å²) in [4.78, 5) is 0. The number of nitrogens with one attached hydrogen (secondary N) is 1. The van der Waals surface area contributed by atoms with Gasteiger partial charge in [-0.2, -0.15) is 13.2 Å². The highest BCUT2D eigenvalue weighted by atomic mass is 19.4. The maximum absolute atomic E-state index is 12.4. The highest BCUT2D eigenvalue weighted by Crippen LogP contribution is 2.29. The van der Waals surface area contributed by atoms with Crippen LogP contribution in [0.5, 0.6) is 0 Å². The van der Waals surface area contributed by atoms with Crippen molar-refractivity contribution in [2.24, 2.45) is 5.92 Å². The Bertz CT molecular complexity index is 428. The molecule has 118 valence electrons. The normalized spacial score (nSPS) is 20.7. The van der Waals surface area contributed by atoms with Gasteiger partial charge in [0.15, 0.2) is 0 Å². The first-order valence-electron chi connectivity index (χ1n) is 7.10. The predicted molar refractivity (Wildman–Crippen MR) is 72.8 cm³/mol. The lowest BCUT2D eigenvalue weighted by Crippen LogP contribution is -2.24. The van der Waals surface area contributed by atoms with E-state index in [2.05, 4.69) is 5.32 Å². The third kappa shape index (κ3) is 4.98. The summed E-state index contributed by atoms with van der Waals surface area (Å²) >= 11 is 0. The Balaban J connectivity index is 1.73. The van der Waals surface area contributed by atoms with Gasteiger partial charge < -0.3 is 15.2 Å². The minimum atomic E-state index is -4.34. The standard InChI is InChI=1S/C15H20F3NO2/c16-15(17,18)13-3-1-12(2-4-13)14(20)9-19-7-5-11-6-8-21-10-11/h1-4,11,14,19-20H,5-10H2. The van der Waals surface area contributed by atoms with Crippen LogP contribution in [0.4, 0.5) is 13.2 Å². The molecule has 2 rings (SSSR count). The molecule has 1 aliphatic rings. The molecule has 0 aliphatic carbocycles. The fraction of sp³-hybridized carbons (Fsp3) is 0.600. The fourth-order valence-electron chi connectivity index (χ4n) is 2.37. The number of ether oxygens (including phenoxy) is 1. The number of alkyl halides is 3. The maximum Gasteiger partial charge on any atom is 0.416 e. The van der Waals surface area contributed by atoms with Crippen LogP contribution in [0, 0.1) is 5.92 Å². The van der Waals surface area contributed by atoms with Crippen molar-refractivity contribution in [2.45, 2.75) is 25.1 Å². The summed E-state index contributed by atoms with van der Waals surface area (Å²) in [6, 6.07) is 4.63. The van der Waals surface area contributed by atoms with E-state index in [-0.39, 0.29) is 0 Å². The predicted octanol–water partition coefficient (Wildman–Crippen LogP) is 2.76. The third-order valence-corrected chi connectivity index (χ3v) is 3.71. The van der Waals surface area contributed by atoms with Gasteiger partial charge in [0.1, 0.15) is 0 Å². The summed E-state index contributed by atoms with van der Waals surface area (Å²) in [6.45, 7) is 2.71. The molecular formula is C15H20F3NO2. The first-order valence-corrected chi connectivity index (χ1v) is 7.10. The second-order valence-electron chi connectivity index (χ2n) is 5.36. The molecule has 0 saturated carbocycles. The van der Waals surface area contributed by atoms with Gasteiger partial charge in [0.05, 0.1) is 11.7 Å². The number of aliphatic hydroxyl groups is 1. The van der Waals surface area contributed by atoms with Gasteiger partial charge in [-0.3, -0.25) is 0 Å². The summed E-state index contributed by atoms with van der Waals surface area (Å²) in [5, 5.41) is 13.1. The molecule has 1 aromatic rings. The molecule has 1 aromatic carbocycles. The summed E-state index contributed by atoms with van der Waals surface area (Å²) < 4.78 is 42.6. The Hall–Kier alpha value is -1.11. The molecule has 1 fully saturated rings. The topological polar surface area (TPSA) is 41.5 Å². The van der Waals surface area contributed by atoms with E-state index in [0.717, 1.165) is 44.7 Å². The Morgan fingerprint density at radius 3 is 2.57 bits per heavy atom. The van der Waals surface area contributed by atoms with E-state index in [1.54, 1.807) is 0 Å². The van der Waals surface area contributed by atoms with Crippen LogP contribution in [0.1, 0.15) is 30.1 Å². The summed E-state index contributed by atoms with van der Waals surface area (Å²) in [5.74, 6) is 0.570. The van der Waals surface area contributed by atoms with Gasteiger partial charge in [-0.15, -0.1) is 0 Å². The number of hydrogen-bond donors (Lipinski definition) is 2. The van der Waals surface area contributed by atoms with E-state index in [1.807, 2.05) is 0 Å². The Labute approximate surface area is 122 Å². The van der Waals surface area contributed by atoms with E-state index in [4.69, 9.17) is 4.74 Å².